The van der Waals surface area contributed by atoms with Gasteiger partial charge in [0.1, 0.15) is 0 Å². The Balaban J connectivity index is 1.15. The van der Waals surface area contributed by atoms with Crippen LogP contribution in [0.4, 0.5) is 51.2 Å². The highest BCUT2D eigenvalue weighted by Gasteiger charge is 2.50. The maximum atomic E-state index is 2.75. The second kappa shape index (κ2) is 15.9. The fourth-order valence-electron chi connectivity index (χ4n) is 14.9. The summed E-state index contributed by atoms with van der Waals surface area (Å²) in [5.41, 5.74) is 29.1. The quantitative estimate of drug-likeness (QED) is 0.159. The molecule has 8 aromatic carbocycles. The van der Waals surface area contributed by atoms with Gasteiger partial charge in [0.2, 0.25) is 0 Å². The third-order valence-corrected chi connectivity index (χ3v) is 18.9. The first-order valence-corrected chi connectivity index (χ1v) is 27.9. The van der Waals surface area contributed by atoms with Gasteiger partial charge in [0.25, 0.3) is 6.71 Å². The van der Waals surface area contributed by atoms with Crippen LogP contribution in [-0.4, -0.2) is 6.71 Å². The van der Waals surface area contributed by atoms with E-state index in [1.54, 1.807) is 0 Å². The van der Waals surface area contributed by atoms with Crippen molar-refractivity contribution in [2.24, 2.45) is 0 Å². The minimum absolute atomic E-state index is 0.0172. The molecular formula is C71H74BN3. The normalized spacial score (nSPS) is 18.3. The lowest BCUT2D eigenvalue weighted by Gasteiger charge is -2.47. The van der Waals surface area contributed by atoms with Crippen molar-refractivity contribution in [2.45, 2.75) is 149 Å². The summed E-state index contributed by atoms with van der Waals surface area (Å²) in [6, 6.07) is 61.4. The number of hydrogen-bond acceptors (Lipinski definition) is 3. The highest BCUT2D eigenvalue weighted by Crippen LogP contribution is 2.56. The molecule has 13 rings (SSSR count). The Hall–Kier alpha value is -6.78. The van der Waals surface area contributed by atoms with Gasteiger partial charge in [0.15, 0.2) is 0 Å². The lowest BCUT2D eigenvalue weighted by Crippen LogP contribution is -2.61. The Bertz CT molecular complexity index is 3640. The molecule has 376 valence electrons. The van der Waals surface area contributed by atoms with E-state index >= 15 is 0 Å². The van der Waals surface area contributed by atoms with E-state index in [2.05, 4.69) is 269 Å². The highest BCUT2D eigenvalue weighted by molar-refractivity contribution is 7.00. The molecular weight excluding hydrogens is 906 g/mol. The van der Waals surface area contributed by atoms with Crippen LogP contribution in [0.2, 0.25) is 0 Å². The second-order valence-electron chi connectivity index (χ2n) is 27.3. The molecule has 3 nitrogen and oxygen atoms in total. The Morgan fingerprint density at radius 3 is 1.60 bits per heavy atom. The van der Waals surface area contributed by atoms with Crippen LogP contribution in [0.25, 0.3) is 11.1 Å². The van der Waals surface area contributed by atoms with Gasteiger partial charge < -0.3 is 14.7 Å². The molecule has 0 atom stereocenters. The first-order chi connectivity index (χ1) is 35.5. The zero-order chi connectivity index (χ0) is 52.5. The molecule has 0 saturated heterocycles. The van der Waals surface area contributed by atoms with E-state index in [0.717, 1.165) is 23.5 Å². The molecule has 0 amide bonds. The van der Waals surface area contributed by atoms with Crippen LogP contribution in [0, 0.1) is 6.92 Å². The van der Waals surface area contributed by atoms with Gasteiger partial charge in [0.05, 0.1) is 0 Å². The SMILES string of the molecule is Cc1cc2c(cc1N1c3cc4c(cc3B3c5ccc(N(c6ccccc6)c6ccccc6)cc5N(c5ccc6c(c5)C(C)(C)c5ccccc5-6)c5cc(C(C)(C)C)cc1c53)C(C)(C)CC4(C)C)C(C)(C)CCC2(C)C. The van der Waals surface area contributed by atoms with Crippen LogP contribution < -0.4 is 31.1 Å². The van der Waals surface area contributed by atoms with Crippen molar-refractivity contribution in [1.29, 1.82) is 0 Å². The summed E-state index contributed by atoms with van der Waals surface area (Å²) >= 11 is 0. The van der Waals surface area contributed by atoms with Gasteiger partial charge in [-0.05, 0) is 198 Å². The van der Waals surface area contributed by atoms with Crippen molar-refractivity contribution in [2.75, 3.05) is 14.7 Å². The second-order valence-corrected chi connectivity index (χ2v) is 27.3. The maximum Gasteiger partial charge on any atom is 0.252 e. The number of hydrogen-bond donors (Lipinski definition) is 0. The van der Waals surface area contributed by atoms with Crippen molar-refractivity contribution in [3.05, 3.63) is 202 Å². The first-order valence-electron chi connectivity index (χ1n) is 27.9. The Morgan fingerprint density at radius 2 is 0.960 bits per heavy atom. The van der Waals surface area contributed by atoms with Crippen molar-refractivity contribution < 1.29 is 0 Å². The molecule has 0 N–H and O–H groups in total. The predicted molar refractivity (Wildman–Crippen MR) is 322 cm³/mol. The molecule has 0 saturated carbocycles. The molecule has 2 heterocycles. The Morgan fingerprint density at radius 1 is 0.427 bits per heavy atom. The number of anilines is 9. The number of rotatable bonds is 5. The van der Waals surface area contributed by atoms with Gasteiger partial charge >= 0.3 is 0 Å². The molecule has 8 aromatic rings. The van der Waals surface area contributed by atoms with Gasteiger partial charge in [0, 0.05) is 56.6 Å². The summed E-state index contributed by atoms with van der Waals surface area (Å²) in [7, 11) is 0. The minimum atomic E-state index is -0.169. The number of benzene rings is 8. The average molecular weight is 980 g/mol. The van der Waals surface area contributed by atoms with Crippen LogP contribution in [0.15, 0.2) is 158 Å². The van der Waals surface area contributed by atoms with E-state index < -0.39 is 0 Å². The lowest BCUT2D eigenvalue weighted by molar-refractivity contribution is 0.332. The molecule has 5 aliphatic rings. The molecule has 0 fully saturated rings. The van der Waals surface area contributed by atoms with E-state index in [4.69, 9.17) is 0 Å². The summed E-state index contributed by atoms with van der Waals surface area (Å²) in [4.78, 5) is 7.86. The fourth-order valence-corrected chi connectivity index (χ4v) is 14.9. The standard InChI is InChI=1S/C71H74BN3/c1-44-35-54-56(68(7,8)34-33-67(54,5)6)41-60(44)75-62-42-57-55(69(9,10)43-70(57,11)12)40-59(62)72-58-32-30-49(73(46-23-17-15-18-24-46)47-25-19-16-20-26-47)39-61(58)74(63-36-45(66(2,3)4)37-64(75)65(63)72)48-29-31-51-50-27-21-22-28-52(50)71(13,14)53(51)38-48/h15-32,35-42H,33-34,43H2,1-14H3. The molecule has 0 unspecified atom stereocenters. The zero-order valence-electron chi connectivity index (χ0n) is 47.1. The molecule has 2 aliphatic heterocycles. The topological polar surface area (TPSA) is 9.72 Å². The third kappa shape index (κ3) is 7.06. The van der Waals surface area contributed by atoms with Gasteiger partial charge in [-0.25, -0.2) is 0 Å². The number of aryl methyl sites for hydroxylation is 1. The summed E-state index contributed by atoms with van der Waals surface area (Å²) < 4.78 is 0. The first kappa shape index (κ1) is 47.9. The van der Waals surface area contributed by atoms with E-state index in [1.807, 2.05) is 0 Å². The molecule has 75 heavy (non-hydrogen) atoms. The number of nitrogens with zero attached hydrogens (tertiary/aromatic N) is 3. The summed E-state index contributed by atoms with van der Waals surface area (Å²) in [6.45, 7) is 34.2. The molecule has 0 aromatic heterocycles. The number of fused-ring (bicyclic) bond motifs is 9. The Labute approximate surface area is 448 Å². The zero-order valence-corrected chi connectivity index (χ0v) is 47.1. The smallest absolute Gasteiger partial charge is 0.252 e. The van der Waals surface area contributed by atoms with E-state index in [1.165, 1.54) is 119 Å². The monoisotopic (exact) mass is 980 g/mol. The van der Waals surface area contributed by atoms with Gasteiger partial charge in [-0.15, -0.1) is 0 Å². The van der Waals surface area contributed by atoms with Crippen molar-refractivity contribution in [1.82, 2.24) is 0 Å². The molecule has 4 heteroatoms. The van der Waals surface area contributed by atoms with Crippen LogP contribution >= 0.6 is 0 Å². The molecule has 0 spiro atoms. The van der Waals surface area contributed by atoms with Gasteiger partial charge in [-0.1, -0.05) is 175 Å². The Kier molecular flexibility index (Phi) is 10.1. The van der Waals surface area contributed by atoms with E-state index in [9.17, 15) is 0 Å². The molecule has 0 radical (unpaired) electrons. The molecule has 0 bridgehead atoms. The van der Waals surface area contributed by atoms with Crippen LogP contribution in [0.5, 0.6) is 0 Å². The lowest BCUT2D eigenvalue weighted by atomic mass is 9.33. The highest BCUT2D eigenvalue weighted by atomic mass is 15.2. The summed E-state index contributed by atoms with van der Waals surface area (Å²) in [5.74, 6) is 0. The van der Waals surface area contributed by atoms with Crippen molar-refractivity contribution in [3.63, 3.8) is 0 Å². The number of para-hydroxylation sites is 2. The third-order valence-electron chi connectivity index (χ3n) is 18.9. The van der Waals surface area contributed by atoms with Gasteiger partial charge in [-0.3, -0.25) is 0 Å². The van der Waals surface area contributed by atoms with E-state index in [0.29, 0.717) is 0 Å². The largest absolute Gasteiger partial charge is 0.311 e. The maximum absolute atomic E-state index is 2.75. The predicted octanol–water partition coefficient (Wildman–Crippen LogP) is 17.5. The van der Waals surface area contributed by atoms with Gasteiger partial charge in [-0.2, -0.15) is 0 Å². The van der Waals surface area contributed by atoms with Crippen molar-refractivity contribution in [3.8, 4) is 11.1 Å². The fraction of sp³-hybridized carbons (Fsp3) is 0.324. The summed E-state index contributed by atoms with van der Waals surface area (Å²) in [6.07, 6.45) is 3.47. The van der Waals surface area contributed by atoms with Crippen molar-refractivity contribution >= 4 is 74.3 Å². The van der Waals surface area contributed by atoms with Crippen LogP contribution in [0.1, 0.15) is 154 Å². The average Bonchev–Trinajstić information content (AvgIpc) is 3.75. The minimum Gasteiger partial charge on any atom is -0.311 e. The van der Waals surface area contributed by atoms with Crippen LogP contribution in [-0.2, 0) is 32.5 Å². The van der Waals surface area contributed by atoms with Crippen LogP contribution in [0.3, 0.4) is 0 Å². The summed E-state index contributed by atoms with van der Waals surface area (Å²) in [5, 5.41) is 0. The molecule has 3 aliphatic carbocycles. The van der Waals surface area contributed by atoms with E-state index in [-0.39, 0.29) is 39.2 Å².